The topological polar surface area (TPSA) is 95.9 Å². The van der Waals surface area contributed by atoms with Gasteiger partial charge in [0.15, 0.2) is 0 Å². The van der Waals surface area contributed by atoms with Gasteiger partial charge in [0.2, 0.25) is 5.91 Å². The normalized spacial score (nSPS) is 10.1. The van der Waals surface area contributed by atoms with Gasteiger partial charge in [0.05, 0.1) is 24.3 Å². The van der Waals surface area contributed by atoms with Crippen molar-refractivity contribution in [1.82, 2.24) is 0 Å². The smallest absolute Gasteiger partial charge is 0.335 e. The second kappa shape index (κ2) is 6.61. The fraction of sp³-hybridized carbons (Fsp3) is 0.333. The molecule has 0 aromatic heterocycles. The van der Waals surface area contributed by atoms with E-state index in [1.54, 1.807) is 0 Å². The number of carboxylic acids is 1. The Morgan fingerprint density at radius 2 is 2.11 bits per heavy atom. The zero-order chi connectivity index (χ0) is 13.5. The van der Waals surface area contributed by atoms with E-state index in [2.05, 4.69) is 5.32 Å². The van der Waals surface area contributed by atoms with Crippen molar-refractivity contribution < 1.29 is 24.5 Å². The van der Waals surface area contributed by atoms with Gasteiger partial charge < -0.3 is 20.3 Å². The molecular weight excluding hydrogens is 238 g/mol. The summed E-state index contributed by atoms with van der Waals surface area (Å²) in [6, 6.07) is 3.73. The number of rotatable bonds is 6. The van der Waals surface area contributed by atoms with E-state index in [1.165, 1.54) is 12.1 Å². The lowest BCUT2D eigenvalue weighted by molar-refractivity contribution is -0.117. The molecule has 18 heavy (non-hydrogen) atoms. The van der Waals surface area contributed by atoms with Crippen LogP contribution < -0.4 is 5.32 Å². The summed E-state index contributed by atoms with van der Waals surface area (Å²) in [4.78, 5) is 22.1. The third-order valence-corrected chi connectivity index (χ3v) is 2.20. The monoisotopic (exact) mass is 253 g/mol. The first-order valence-electron chi connectivity index (χ1n) is 5.48. The number of ether oxygens (including phenoxy) is 1. The standard InChI is InChI=1S/C12H15NO5/c1-2-18-6-5-11(15)13-9-4-3-8(12(16)17)7-10(9)14/h3-4,7,14H,2,5-6H2,1H3,(H,13,15)(H,16,17). The van der Waals surface area contributed by atoms with E-state index in [-0.39, 0.29) is 29.3 Å². The number of carbonyl (C=O) groups is 2. The maximum atomic E-state index is 11.4. The summed E-state index contributed by atoms with van der Waals surface area (Å²) in [5, 5.41) is 20.7. The highest BCUT2D eigenvalue weighted by molar-refractivity contribution is 5.94. The Bertz CT molecular complexity index is 444. The number of aromatic hydroxyl groups is 1. The van der Waals surface area contributed by atoms with Crippen molar-refractivity contribution >= 4 is 17.6 Å². The largest absolute Gasteiger partial charge is 0.506 e. The van der Waals surface area contributed by atoms with Crippen molar-refractivity contribution in [3.8, 4) is 5.75 Å². The first-order chi connectivity index (χ1) is 8.54. The minimum absolute atomic E-state index is 0.0418. The Labute approximate surface area is 104 Å². The molecule has 0 saturated heterocycles. The number of carbonyl (C=O) groups excluding carboxylic acids is 1. The highest BCUT2D eigenvalue weighted by atomic mass is 16.5. The van der Waals surface area contributed by atoms with Gasteiger partial charge in [-0.25, -0.2) is 4.79 Å². The van der Waals surface area contributed by atoms with Gasteiger partial charge in [-0.2, -0.15) is 0 Å². The second-order valence-electron chi connectivity index (χ2n) is 3.53. The Morgan fingerprint density at radius 3 is 2.67 bits per heavy atom. The van der Waals surface area contributed by atoms with Crippen LogP contribution in [0.25, 0.3) is 0 Å². The van der Waals surface area contributed by atoms with Crippen LogP contribution in [-0.4, -0.2) is 35.3 Å². The van der Waals surface area contributed by atoms with Crippen LogP contribution >= 0.6 is 0 Å². The lowest BCUT2D eigenvalue weighted by Gasteiger charge is -2.08. The number of anilines is 1. The van der Waals surface area contributed by atoms with E-state index in [0.717, 1.165) is 6.07 Å². The van der Waals surface area contributed by atoms with E-state index in [9.17, 15) is 14.7 Å². The molecule has 1 aromatic rings. The lowest BCUT2D eigenvalue weighted by atomic mass is 10.2. The SMILES string of the molecule is CCOCCC(=O)Nc1ccc(C(=O)O)cc1O. The number of phenolic OH excluding ortho intramolecular Hbond substituents is 1. The Kier molecular flexibility index (Phi) is 5.13. The zero-order valence-corrected chi connectivity index (χ0v) is 9.97. The van der Waals surface area contributed by atoms with Crippen molar-refractivity contribution in [3.63, 3.8) is 0 Å². The molecule has 0 bridgehead atoms. The average molecular weight is 253 g/mol. The predicted octanol–water partition coefficient (Wildman–Crippen LogP) is 1.46. The highest BCUT2D eigenvalue weighted by Crippen LogP contribution is 2.24. The number of nitrogens with one attached hydrogen (secondary N) is 1. The average Bonchev–Trinajstić information content (AvgIpc) is 2.32. The number of hydrogen-bond donors (Lipinski definition) is 3. The molecule has 0 fully saturated rings. The molecule has 0 atom stereocenters. The minimum atomic E-state index is -1.14. The van der Waals surface area contributed by atoms with E-state index in [0.29, 0.717) is 13.2 Å². The lowest BCUT2D eigenvalue weighted by Crippen LogP contribution is -2.14. The van der Waals surface area contributed by atoms with Gasteiger partial charge in [-0.15, -0.1) is 0 Å². The summed E-state index contributed by atoms with van der Waals surface area (Å²) in [5.74, 6) is -1.72. The van der Waals surface area contributed by atoms with Gasteiger partial charge in [0.1, 0.15) is 5.75 Å². The van der Waals surface area contributed by atoms with Gasteiger partial charge in [-0.3, -0.25) is 4.79 Å². The third kappa shape index (κ3) is 4.06. The van der Waals surface area contributed by atoms with Crippen LogP contribution in [0.3, 0.4) is 0 Å². The van der Waals surface area contributed by atoms with Gasteiger partial charge in [0.25, 0.3) is 0 Å². The molecule has 1 amide bonds. The first kappa shape index (κ1) is 14.0. The summed E-state index contributed by atoms with van der Waals surface area (Å²) >= 11 is 0. The summed E-state index contributed by atoms with van der Waals surface area (Å²) in [7, 11) is 0. The molecule has 98 valence electrons. The van der Waals surface area contributed by atoms with Crippen molar-refractivity contribution in [2.45, 2.75) is 13.3 Å². The molecule has 0 saturated carbocycles. The molecule has 1 aromatic carbocycles. The predicted molar refractivity (Wildman–Crippen MR) is 64.8 cm³/mol. The first-order valence-corrected chi connectivity index (χ1v) is 5.48. The van der Waals surface area contributed by atoms with Crippen molar-refractivity contribution in [1.29, 1.82) is 0 Å². The Morgan fingerprint density at radius 1 is 1.39 bits per heavy atom. The number of aromatic carboxylic acids is 1. The molecule has 6 heteroatoms. The maximum Gasteiger partial charge on any atom is 0.335 e. The van der Waals surface area contributed by atoms with Crippen LogP contribution in [0.1, 0.15) is 23.7 Å². The van der Waals surface area contributed by atoms with Crippen LogP contribution in [0.4, 0.5) is 5.69 Å². The minimum Gasteiger partial charge on any atom is -0.506 e. The molecule has 1 rings (SSSR count). The van der Waals surface area contributed by atoms with E-state index in [1.807, 2.05) is 6.92 Å². The molecule has 0 radical (unpaired) electrons. The molecule has 0 unspecified atom stereocenters. The number of carboxylic acid groups (broad SMARTS) is 1. The van der Waals surface area contributed by atoms with Crippen molar-refractivity contribution in [2.24, 2.45) is 0 Å². The van der Waals surface area contributed by atoms with E-state index in [4.69, 9.17) is 9.84 Å². The molecule has 3 N–H and O–H groups in total. The van der Waals surface area contributed by atoms with E-state index < -0.39 is 5.97 Å². The van der Waals surface area contributed by atoms with Gasteiger partial charge >= 0.3 is 5.97 Å². The van der Waals surface area contributed by atoms with E-state index >= 15 is 0 Å². The molecule has 0 spiro atoms. The molecule has 0 aliphatic carbocycles. The van der Waals surface area contributed by atoms with Gasteiger partial charge in [0, 0.05) is 6.61 Å². The van der Waals surface area contributed by atoms with Crippen LogP contribution in [0.5, 0.6) is 5.75 Å². The van der Waals surface area contributed by atoms with Gasteiger partial charge in [-0.05, 0) is 25.1 Å². The van der Waals surface area contributed by atoms with Crippen LogP contribution in [0.2, 0.25) is 0 Å². The third-order valence-electron chi connectivity index (χ3n) is 2.20. The van der Waals surface area contributed by atoms with Crippen molar-refractivity contribution in [2.75, 3.05) is 18.5 Å². The summed E-state index contributed by atoms with van der Waals surface area (Å²) < 4.78 is 5.02. The Hall–Kier alpha value is -2.08. The van der Waals surface area contributed by atoms with Crippen LogP contribution in [-0.2, 0) is 9.53 Å². The molecule has 0 heterocycles. The fourth-order valence-electron chi connectivity index (χ4n) is 1.29. The fourth-order valence-corrected chi connectivity index (χ4v) is 1.29. The molecule has 6 nitrogen and oxygen atoms in total. The summed E-state index contributed by atoms with van der Waals surface area (Å²) in [5.41, 5.74) is 0.140. The van der Waals surface area contributed by atoms with Gasteiger partial charge in [-0.1, -0.05) is 0 Å². The number of phenols is 1. The molecule has 0 aliphatic heterocycles. The summed E-state index contributed by atoms with van der Waals surface area (Å²) in [6.07, 6.45) is 0.175. The summed E-state index contributed by atoms with van der Waals surface area (Å²) in [6.45, 7) is 2.66. The van der Waals surface area contributed by atoms with Crippen LogP contribution in [0.15, 0.2) is 18.2 Å². The highest BCUT2D eigenvalue weighted by Gasteiger charge is 2.09. The molecule has 0 aliphatic rings. The zero-order valence-electron chi connectivity index (χ0n) is 9.97. The quantitative estimate of drug-likeness (QED) is 0.527. The van der Waals surface area contributed by atoms with Crippen LogP contribution in [0, 0.1) is 0 Å². The maximum absolute atomic E-state index is 11.4. The number of benzene rings is 1. The molecular formula is C12H15NO5. The number of hydrogen-bond acceptors (Lipinski definition) is 4. The number of amides is 1. The van der Waals surface area contributed by atoms with Crippen molar-refractivity contribution in [3.05, 3.63) is 23.8 Å². The Balaban J connectivity index is 2.62. The second-order valence-corrected chi connectivity index (χ2v) is 3.53.